The lowest BCUT2D eigenvalue weighted by Crippen LogP contribution is -2.44. The minimum Gasteiger partial charge on any atom is -0.399 e. The van der Waals surface area contributed by atoms with Gasteiger partial charge in [0.2, 0.25) is 11.2 Å². The highest BCUT2D eigenvalue weighted by Gasteiger charge is 2.52. The molecule has 0 saturated carbocycles. The first-order chi connectivity index (χ1) is 27.6. The van der Waals surface area contributed by atoms with Crippen molar-refractivity contribution < 1.29 is 32.3 Å². The van der Waals surface area contributed by atoms with Crippen LogP contribution in [0.3, 0.4) is 0 Å². The van der Waals surface area contributed by atoms with Crippen molar-refractivity contribution in [2.75, 3.05) is 49.3 Å². The average Bonchev–Trinajstić information content (AvgIpc) is 3.88. The molecule has 60 heavy (non-hydrogen) atoms. The van der Waals surface area contributed by atoms with Gasteiger partial charge in [0.25, 0.3) is 0 Å². The highest BCUT2D eigenvalue weighted by Crippen LogP contribution is 2.37. The standard InChI is InChI=1S/C17H16ClFN4O.C13H16BFN2O2.C9H11Cl2N3O.CH4.FH/c1-10-9-24-5-4-23(10)16-8-15(18)21-17(22-16)13-6-11(19)7-14-12(13)2-3-20-14;1-12(2)13(3,4)19-14(18-12)9-7-10(15)17-11-8(9)5-6-16-11;1-6-5-15-3-2-14(6)8-4-7(10)12-9(11)13-8;;/h2-3,6-8,10,20H,4-5,9H2,1H3;5-7H,1-4H3,(H,16,17);4,6H,2-3,5H2,1H3;1H4;1H/t10-;;6-;;/m1.1../s1. The summed E-state index contributed by atoms with van der Waals surface area (Å²) in [6, 6.07) is 11.9. The first-order valence-corrected chi connectivity index (χ1v) is 19.9. The number of fused-ring (bicyclic) bond motifs is 2. The van der Waals surface area contributed by atoms with Crippen molar-refractivity contribution in [1.29, 1.82) is 0 Å². The number of benzene rings is 1. The van der Waals surface area contributed by atoms with Gasteiger partial charge >= 0.3 is 7.12 Å². The van der Waals surface area contributed by atoms with E-state index in [0.717, 1.165) is 35.5 Å². The number of anilines is 2. The molecule has 5 aromatic heterocycles. The first-order valence-electron chi connectivity index (χ1n) is 18.8. The molecular formula is C40H48BCl3F3N9O4. The van der Waals surface area contributed by atoms with Crippen LogP contribution in [0, 0.1) is 11.8 Å². The van der Waals surface area contributed by atoms with Crippen molar-refractivity contribution >= 4 is 81.0 Å². The Morgan fingerprint density at radius 3 is 1.90 bits per heavy atom. The van der Waals surface area contributed by atoms with Gasteiger partial charge in [0, 0.05) is 59.5 Å². The zero-order chi connectivity index (χ0) is 41.4. The highest BCUT2D eigenvalue weighted by atomic mass is 35.5. The third-order valence-corrected chi connectivity index (χ3v) is 11.1. The van der Waals surface area contributed by atoms with Crippen molar-refractivity contribution in [3.63, 3.8) is 0 Å². The van der Waals surface area contributed by atoms with Gasteiger partial charge in [-0.05, 0) is 88.9 Å². The fourth-order valence-corrected chi connectivity index (χ4v) is 7.42. The van der Waals surface area contributed by atoms with Crippen LogP contribution < -0.4 is 15.3 Å². The molecule has 3 saturated heterocycles. The Balaban J connectivity index is 0.000000173. The molecule has 3 aliphatic rings. The molecule has 9 rings (SSSR count). The Bertz CT molecular complexity index is 2370. The normalized spacial score (nSPS) is 19.5. The van der Waals surface area contributed by atoms with Crippen LogP contribution >= 0.6 is 34.8 Å². The second kappa shape index (κ2) is 19.2. The average molecular weight is 893 g/mol. The summed E-state index contributed by atoms with van der Waals surface area (Å²) in [5.41, 5.74) is 1.61. The van der Waals surface area contributed by atoms with E-state index in [-0.39, 0.29) is 35.3 Å². The molecule has 0 spiro atoms. The molecule has 0 aliphatic carbocycles. The quantitative estimate of drug-likeness (QED) is 0.0763. The summed E-state index contributed by atoms with van der Waals surface area (Å²) in [5, 5.41) is 2.56. The number of nitrogens with zero attached hydrogens (tertiary/aromatic N) is 7. The fourth-order valence-electron chi connectivity index (χ4n) is 6.85. The second-order valence-electron chi connectivity index (χ2n) is 15.2. The van der Waals surface area contributed by atoms with E-state index in [1.54, 1.807) is 24.5 Å². The first kappa shape index (κ1) is 46.8. The van der Waals surface area contributed by atoms with Crippen molar-refractivity contribution in [1.82, 2.24) is 34.9 Å². The van der Waals surface area contributed by atoms with E-state index in [1.165, 1.54) is 18.2 Å². The Hall–Kier alpha value is -4.23. The zero-order valence-electron chi connectivity index (χ0n) is 33.2. The minimum absolute atomic E-state index is 0. The lowest BCUT2D eigenvalue weighted by atomic mass is 9.78. The maximum Gasteiger partial charge on any atom is 0.495 e. The molecule has 20 heteroatoms. The largest absolute Gasteiger partial charge is 0.495 e. The van der Waals surface area contributed by atoms with Gasteiger partial charge in [-0.2, -0.15) is 4.39 Å². The van der Waals surface area contributed by atoms with Crippen LogP contribution in [0.2, 0.25) is 15.6 Å². The van der Waals surface area contributed by atoms with Gasteiger partial charge in [0.05, 0.1) is 49.7 Å². The van der Waals surface area contributed by atoms with Gasteiger partial charge in [-0.3, -0.25) is 4.70 Å². The number of aromatic amines is 2. The van der Waals surface area contributed by atoms with Crippen LogP contribution in [0.4, 0.5) is 25.1 Å². The predicted octanol–water partition coefficient (Wildman–Crippen LogP) is 8.44. The van der Waals surface area contributed by atoms with Gasteiger partial charge in [0.1, 0.15) is 33.4 Å². The van der Waals surface area contributed by atoms with Crippen molar-refractivity contribution in [3.05, 3.63) is 82.2 Å². The number of hydrogen-bond acceptors (Lipinski definition) is 11. The summed E-state index contributed by atoms with van der Waals surface area (Å²) < 4.78 is 50.2. The van der Waals surface area contributed by atoms with Gasteiger partial charge in [-0.1, -0.05) is 30.6 Å². The molecule has 2 N–H and O–H groups in total. The van der Waals surface area contributed by atoms with Crippen molar-refractivity contribution in [3.8, 4) is 11.4 Å². The molecule has 13 nitrogen and oxygen atoms in total. The summed E-state index contributed by atoms with van der Waals surface area (Å²) in [6.45, 7) is 16.2. The molecule has 6 aromatic rings. The zero-order valence-corrected chi connectivity index (χ0v) is 35.5. The Kier molecular flexibility index (Phi) is 15.0. The van der Waals surface area contributed by atoms with Gasteiger partial charge in [0.15, 0.2) is 5.82 Å². The fraction of sp³-hybridized carbons (Fsp3) is 0.425. The van der Waals surface area contributed by atoms with Crippen LogP contribution in [0.5, 0.6) is 0 Å². The molecule has 0 amide bonds. The van der Waals surface area contributed by atoms with E-state index < -0.39 is 24.3 Å². The van der Waals surface area contributed by atoms with E-state index in [0.29, 0.717) is 64.7 Å². The Labute approximate surface area is 362 Å². The van der Waals surface area contributed by atoms with Crippen molar-refractivity contribution in [2.45, 2.75) is 72.3 Å². The summed E-state index contributed by atoms with van der Waals surface area (Å²) in [7, 11) is -0.583. The third-order valence-electron chi connectivity index (χ3n) is 10.6. The van der Waals surface area contributed by atoms with Crippen molar-refractivity contribution in [2.24, 2.45) is 0 Å². The SMILES string of the molecule is C.CC1(C)OB(c2cc(F)nc3[nH]ccc23)OC1(C)C.C[C@@H]1COCCN1c1cc(Cl)nc(-c2cc(F)cc3[nH]ccc23)n1.C[C@@H]1COCCN1c1cc(Cl)nc(Cl)n1.F. The highest BCUT2D eigenvalue weighted by molar-refractivity contribution is 6.65. The smallest absolute Gasteiger partial charge is 0.399 e. The Morgan fingerprint density at radius 2 is 1.30 bits per heavy atom. The minimum atomic E-state index is -0.583. The van der Waals surface area contributed by atoms with Gasteiger partial charge < -0.3 is 38.6 Å². The number of H-pyrrole nitrogens is 2. The second-order valence-corrected chi connectivity index (χ2v) is 16.3. The number of ether oxygens (including phenoxy) is 2. The van der Waals surface area contributed by atoms with E-state index in [9.17, 15) is 8.78 Å². The lowest BCUT2D eigenvalue weighted by Gasteiger charge is -2.34. The predicted molar refractivity (Wildman–Crippen MR) is 233 cm³/mol. The summed E-state index contributed by atoms with van der Waals surface area (Å²) in [6.07, 6.45) is 3.49. The van der Waals surface area contributed by atoms with E-state index in [4.69, 9.17) is 53.6 Å². The molecule has 8 heterocycles. The number of pyridine rings is 1. The number of rotatable bonds is 4. The van der Waals surface area contributed by atoms with E-state index >= 15 is 0 Å². The molecule has 0 unspecified atom stereocenters. The van der Waals surface area contributed by atoms with Crippen LogP contribution in [0.1, 0.15) is 49.0 Å². The molecule has 3 fully saturated rings. The molecular weight excluding hydrogens is 845 g/mol. The molecule has 3 aliphatic heterocycles. The molecule has 2 atom stereocenters. The number of nitrogens with one attached hydrogen (secondary N) is 2. The van der Waals surface area contributed by atoms with Crippen LogP contribution in [-0.2, 0) is 18.8 Å². The maximum atomic E-state index is 13.9. The van der Waals surface area contributed by atoms with Gasteiger partial charge in [-0.15, -0.1) is 0 Å². The molecule has 1 aromatic carbocycles. The summed E-state index contributed by atoms with van der Waals surface area (Å²) >= 11 is 17.8. The van der Waals surface area contributed by atoms with Crippen LogP contribution in [0.15, 0.2) is 54.9 Å². The van der Waals surface area contributed by atoms with Crippen LogP contribution in [0.25, 0.3) is 33.3 Å². The molecule has 322 valence electrons. The van der Waals surface area contributed by atoms with Gasteiger partial charge in [-0.25, -0.2) is 29.3 Å². The van der Waals surface area contributed by atoms with E-state index in [1.807, 2.05) is 39.8 Å². The number of aromatic nitrogens is 7. The third kappa shape index (κ3) is 10.3. The Morgan fingerprint density at radius 1 is 0.733 bits per heavy atom. The number of halogens is 6. The molecule has 0 bridgehead atoms. The summed E-state index contributed by atoms with van der Waals surface area (Å²) in [4.78, 5) is 30.9. The number of morpholine rings is 2. The maximum absolute atomic E-state index is 13.9. The number of hydrogen-bond donors (Lipinski definition) is 2. The topological polar surface area (TPSA) is 139 Å². The van der Waals surface area contributed by atoms with E-state index in [2.05, 4.69) is 58.5 Å². The summed E-state index contributed by atoms with van der Waals surface area (Å²) in [5.74, 6) is 1.02. The monoisotopic (exact) mass is 891 g/mol. The lowest BCUT2D eigenvalue weighted by molar-refractivity contribution is 0.00578. The van der Waals surface area contributed by atoms with Crippen LogP contribution in [-0.4, -0.2) is 105 Å². The molecule has 0 radical (unpaired) electrons.